The summed E-state index contributed by atoms with van der Waals surface area (Å²) >= 11 is 3.76. The average Bonchev–Trinajstić information content (AvgIpc) is 2.60. The van der Waals surface area contributed by atoms with Crippen LogP contribution in [-0.4, -0.2) is 5.12 Å². The van der Waals surface area contributed by atoms with Crippen molar-refractivity contribution in [2.45, 2.75) is 6.42 Å². The molecular formula is C11H10N2OS. The van der Waals surface area contributed by atoms with Gasteiger partial charge < -0.3 is 5.73 Å². The lowest BCUT2D eigenvalue weighted by Gasteiger charge is -1.99. The Morgan fingerprint density at radius 1 is 1.53 bits per heavy atom. The van der Waals surface area contributed by atoms with Crippen LogP contribution in [0.2, 0.25) is 0 Å². The lowest BCUT2D eigenvalue weighted by atomic mass is 10.0. The number of nitrogens with zero attached hydrogens (tertiary/aromatic N) is 1. The normalized spacial score (nSPS) is 14.5. The van der Waals surface area contributed by atoms with Crippen LogP contribution in [0.5, 0.6) is 0 Å². The minimum atomic E-state index is -0.161. The first-order valence-electron chi connectivity index (χ1n) is 4.52. The largest absolute Gasteiger partial charge is 0.404 e. The highest BCUT2D eigenvalue weighted by Gasteiger charge is 2.11. The molecule has 1 aliphatic rings. The summed E-state index contributed by atoms with van der Waals surface area (Å²) in [5, 5.41) is 1.64. The van der Waals surface area contributed by atoms with Crippen LogP contribution >= 0.6 is 12.6 Å². The number of hydrogen-bond donors (Lipinski definition) is 2. The molecule has 0 amide bonds. The van der Waals surface area contributed by atoms with Gasteiger partial charge in [-0.25, -0.2) is 0 Å². The highest BCUT2D eigenvalue weighted by atomic mass is 32.1. The summed E-state index contributed by atoms with van der Waals surface area (Å²) in [4.78, 5) is 15.1. The van der Waals surface area contributed by atoms with E-state index < -0.39 is 0 Å². The molecule has 1 aromatic carbocycles. The average molecular weight is 218 g/mol. The predicted octanol–water partition coefficient (Wildman–Crippen LogP) is 0.204. The van der Waals surface area contributed by atoms with Crippen molar-refractivity contribution < 1.29 is 4.79 Å². The summed E-state index contributed by atoms with van der Waals surface area (Å²) in [6.45, 7) is 0. The van der Waals surface area contributed by atoms with E-state index in [9.17, 15) is 4.79 Å². The van der Waals surface area contributed by atoms with Gasteiger partial charge in [-0.3, -0.25) is 9.79 Å². The number of hydrogen-bond acceptors (Lipinski definition) is 3. The second-order valence-corrected chi connectivity index (χ2v) is 3.80. The zero-order valence-corrected chi connectivity index (χ0v) is 8.87. The Hall–Kier alpha value is -1.55. The van der Waals surface area contributed by atoms with E-state index in [1.165, 1.54) is 6.20 Å². The summed E-state index contributed by atoms with van der Waals surface area (Å²) in [6, 6.07) is 5.70. The standard InChI is InChI=1S/C11H10N2OS/c12-5-7-1-2-10-9(3-7)8(6-13-10)4-11(14)15/h1-3,5-6H,4,12H2,(H,14,15). The molecule has 0 spiro atoms. The van der Waals surface area contributed by atoms with Crippen LogP contribution < -0.4 is 16.3 Å². The minimum Gasteiger partial charge on any atom is -0.404 e. The number of allylic oxidation sites excluding steroid dienone is 1. The molecule has 76 valence electrons. The van der Waals surface area contributed by atoms with Gasteiger partial charge in [-0.15, -0.1) is 12.6 Å². The van der Waals surface area contributed by atoms with Gasteiger partial charge in [-0.05, 0) is 22.9 Å². The van der Waals surface area contributed by atoms with Gasteiger partial charge in [-0.1, -0.05) is 6.07 Å². The highest BCUT2D eigenvalue weighted by molar-refractivity contribution is 7.96. The molecule has 0 fully saturated rings. The number of rotatable bonds is 2. The quantitative estimate of drug-likeness (QED) is 0.697. The van der Waals surface area contributed by atoms with E-state index in [-0.39, 0.29) is 5.12 Å². The molecule has 15 heavy (non-hydrogen) atoms. The van der Waals surface area contributed by atoms with E-state index in [2.05, 4.69) is 17.6 Å². The van der Waals surface area contributed by atoms with Crippen LogP contribution in [0.15, 0.2) is 29.4 Å². The maximum atomic E-state index is 10.9. The molecule has 2 rings (SSSR count). The third kappa shape index (κ3) is 1.94. The zero-order valence-electron chi connectivity index (χ0n) is 7.97. The zero-order chi connectivity index (χ0) is 10.8. The van der Waals surface area contributed by atoms with Crippen molar-refractivity contribution in [3.63, 3.8) is 0 Å². The van der Waals surface area contributed by atoms with Gasteiger partial charge in [0.1, 0.15) is 0 Å². The molecule has 0 saturated heterocycles. The molecule has 3 nitrogen and oxygen atoms in total. The molecule has 0 aliphatic carbocycles. The molecule has 0 saturated carbocycles. The maximum absolute atomic E-state index is 10.9. The minimum absolute atomic E-state index is 0.161. The molecule has 1 aromatic rings. The first-order chi connectivity index (χ1) is 7.20. The molecule has 2 N–H and O–H groups in total. The fraction of sp³-hybridized carbons (Fsp3) is 0.0909. The van der Waals surface area contributed by atoms with Crippen LogP contribution in [0.3, 0.4) is 0 Å². The Morgan fingerprint density at radius 2 is 2.33 bits per heavy atom. The molecule has 1 heterocycles. The van der Waals surface area contributed by atoms with Crippen molar-refractivity contribution in [1.29, 1.82) is 0 Å². The number of benzene rings is 1. The first-order valence-corrected chi connectivity index (χ1v) is 4.96. The topological polar surface area (TPSA) is 55.5 Å². The fourth-order valence-electron chi connectivity index (χ4n) is 1.55. The van der Waals surface area contributed by atoms with Gasteiger partial charge in [0, 0.05) is 24.4 Å². The second-order valence-electron chi connectivity index (χ2n) is 3.30. The van der Waals surface area contributed by atoms with Gasteiger partial charge in [0.25, 0.3) is 0 Å². The SMILES string of the molecule is NC=c1ccc2c(c1)C(CC(=O)S)=CN=2. The Balaban J connectivity index is 2.47. The van der Waals surface area contributed by atoms with Crippen molar-refractivity contribution in [3.8, 4) is 0 Å². The molecule has 0 bridgehead atoms. The molecule has 0 radical (unpaired) electrons. The van der Waals surface area contributed by atoms with E-state index in [0.717, 1.165) is 21.7 Å². The second kappa shape index (κ2) is 3.90. The monoisotopic (exact) mass is 218 g/mol. The van der Waals surface area contributed by atoms with E-state index in [1.54, 1.807) is 6.20 Å². The van der Waals surface area contributed by atoms with Crippen LogP contribution in [0.4, 0.5) is 0 Å². The van der Waals surface area contributed by atoms with Gasteiger partial charge >= 0.3 is 0 Å². The number of carbonyl (C=O) groups is 1. The Kier molecular flexibility index (Phi) is 2.60. The van der Waals surface area contributed by atoms with E-state index in [4.69, 9.17) is 5.73 Å². The van der Waals surface area contributed by atoms with E-state index >= 15 is 0 Å². The van der Waals surface area contributed by atoms with Crippen LogP contribution in [0.1, 0.15) is 12.0 Å². The number of nitrogens with two attached hydrogens (primary N) is 1. The summed E-state index contributed by atoms with van der Waals surface area (Å²) in [5.41, 5.74) is 7.30. The first kappa shape index (κ1) is 9.98. The van der Waals surface area contributed by atoms with Crippen molar-refractivity contribution >= 4 is 29.5 Å². The summed E-state index contributed by atoms with van der Waals surface area (Å²) in [6.07, 6.45) is 3.53. The van der Waals surface area contributed by atoms with Crippen molar-refractivity contribution in [2.75, 3.05) is 0 Å². The van der Waals surface area contributed by atoms with Gasteiger partial charge in [-0.2, -0.15) is 0 Å². The maximum Gasteiger partial charge on any atom is 0.190 e. The van der Waals surface area contributed by atoms with Crippen molar-refractivity contribution in [2.24, 2.45) is 10.7 Å². The lowest BCUT2D eigenvalue weighted by Crippen LogP contribution is -2.13. The van der Waals surface area contributed by atoms with Gasteiger partial charge in [0.05, 0.1) is 5.36 Å². The Morgan fingerprint density at radius 3 is 3.00 bits per heavy atom. The third-order valence-corrected chi connectivity index (χ3v) is 2.42. The summed E-state index contributed by atoms with van der Waals surface area (Å²) in [7, 11) is 0. The smallest absolute Gasteiger partial charge is 0.190 e. The highest BCUT2D eigenvalue weighted by Crippen LogP contribution is 2.18. The summed E-state index contributed by atoms with van der Waals surface area (Å²) < 4.78 is 0. The molecular weight excluding hydrogens is 208 g/mol. The third-order valence-electron chi connectivity index (χ3n) is 2.26. The van der Waals surface area contributed by atoms with Crippen molar-refractivity contribution in [1.82, 2.24) is 0 Å². The fourth-order valence-corrected chi connectivity index (χ4v) is 1.72. The molecule has 0 aromatic heterocycles. The predicted molar refractivity (Wildman–Crippen MR) is 62.5 cm³/mol. The van der Waals surface area contributed by atoms with E-state index in [1.807, 2.05) is 18.2 Å². The summed E-state index contributed by atoms with van der Waals surface area (Å²) in [5.74, 6) is 0. The van der Waals surface area contributed by atoms with Crippen LogP contribution in [0, 0.1) is 0 Å². The molecule has 0 unspecified atom stereocenters. The Bertz CT molecular complexity index is 560. The van der Waals surface area contributed by atoms with Gasteiger partial charge in [0.2, 0.25) is 0 Å². The molecule has 4 heteroatoms. The van der Waals surface area contributed by atoms with Gasteiger partial charge in [0.15, 0.2) is 5.12 Å². The Labute approximate surface area is 92.4 Å². The number of thiol groups is 1. The number of carbonyl (C=O) groups excluding carboxylic acids is 1. The van der Waals surface area contributed by atoms with E-state index in [0.29, 0.717) is 6.42 Å². The lowest BCUT2D eigenvalue weighted by molar-refractivity contribution is -0.109. The van der Waals surface area contributed by atoms with Crippen LogP contribution in [0.25, 0.3) is 11.8 Å². The van der Waals surface area contributed by atoms with Crippen molar-refractivity contribution in [3.05, 3.63) is 40.5 Å². The van der Waals surface area contributed by atoms with Crippen LogP contribution in [-0.2, 0) is 4.79 Å². The molecule has 0 atom stereocenters. The molecule has 1 aliphatic heterocycles. The number of fused-ring (bicyclic) bond motifs is 1.